The Balaban J connectivity index is 1.24. The van der Waals surface area contributed by atoms with Gasteiger partial charge in [0.25, 0.3) is 0 Å². The average molecular weight is 457 g/mol. The van der Waals surface area contributed by atoms with Crippen molar-refractivity contribution in [2.75, 3.05) is 0 Å². The third kappa shape index (κ3) is 6.23. The van der Waals surface area contributed by atoms with Crippen molar-refractivity contribution < 1.29 is 4.39 Å². The Morgan fingerprint density at radius 2 is 1.52 bits per heavy atom. The van der Waals surface area contributed by atoms with Gasteiger partial charge in [0.05, 0.1) is 0 Å². The van der Waals surface area contributed by atoms with Gasteiger partial charge in [-0.2, -0.15) is 0 Å². The van der Waals surface area contributed by atoms with Gasteiger partial charge in [0.1, 0.15) is 5.82 Å². The fourth-order valence-corrected chi connectivity index (χ4v) is 9.82. The van der Waals surface area contributed by atoms with E-state index in [-0.39, 0.29) is 14.6 Å². The van der Waals surface area contributed by atoms with Gasteiger partial charge < -0.3 is 0 Å². The number of hydrogen-bond donors (Lipinski definition) is 0. The number of rotatable bonds is 7. The molecule has 0 nitrogen and oxygen atoms in total. The summed E-state index contributed by atoms with van der Waals surface area (Å²) in [5.41, 5.74) is 2.75. The normalized spacial score (nSPS) is 26.7. The van der Waals surface area contributed by atoms with Crippen molar-refractivity contribution in [2.45, 2.75) is 88.8 Å². The molecule has 0 atom stereocenters. The molecule has 3 heteroatoms. The summed E-state index contributed by atoms with van der Waals surface area (Å²) in [6.45, 7) is 2.36. The number of benzene rings is 2. The molecule has 1 heterocycles. The van der Waals surface area contributed by atoms with Crippen molar-refractivity contribution in [1.29, 1.82) is 0 Å². The summed E-state index contributed by atoms with van der Waals surface area (Å²) in [6, 6.07) is 18.1. The van der Waals surface area contributed by atoms with Gasteiger partial charge in [-0.25, -0.2) is 4.39 Å². The lowest BCUT2D eigenvalue weighted by Gasteiger charge is -2.32. The first-order chi connectivity index (χ1) is 15.1. The molecule has 0 N–H and O–H groups in total. The van der Waals surface area contributed by atoms with Gasteiger partial charge in [-0.05, 0) is 72.8 Å². The zero-order valence-electron chi connectivity index (χ0n) is 19.1. The minimum atomic E-state index is -0.334. The van der Waals surface area contributed by atoms with E-state index in [0.29, 0.717) is 16.5 Å². The van der Waals surface area contributed by atoms with Crippen molar-refractivity contribution in [2.24, 2.45) is 11.8 Å². The summed E-state index contributed by atoms with van der Waals surface area (Å²) >= 11 is 5.97. The van der Waals surface area contributed by atoms with Gasteiger partial charge in [-0.3, -0.25) is 0 Å². The third-order valence-corrected chi connectivity index (χ3v) is 12.1. The number of hydrogen-bond acceptors (Lipinski definition) is 0. The molecule has 1 aliphatic heterocycles. The van der Waals surface area contributed by atoms with Crippen LogP contribution in [0.25, 0.3) is 11.1 Å². The van der Waals surface area contributed by atoms with Crippen LogP contribution in [0.3, 0.4) is 0 Å². The predicted octanol–water partition coefficient (Wildman–Crippen LogP) is 9.25. The smallest absolute Gasteiger partial charge is 0.131 e. The highest BCUT2D eigenvalue weighted by Gasteiger charge is 2.26. The van der Waals surface area contributed by atoms with E-state index in [0.717, 1.165) is 17.4 Å². The van der Waals surface area contributed by atoms with E-state index in [1.54, 1.807) is 24.2 Å². The molecule has 2 aliphatic rings. The zero-order valence-corrected chi connectivity index (χ0v) is 21.0. The lowest BCUT2D eigenvalue weighted by molar-refractivity contribution is 0.280. The van der Waals surface area contributed by atoms with Crippen LogP contribution in [0.5, 0.6) is 0 Å². The van der Waals surface area contributed by atoms with Crippen LogP contribution in [0.1, 0.15) is 76.2 Å². The monoisotopic (exact) mass is 456 g/mol. The molecule has 0 aromatic heterocycles. The summed E-state index contributed by atoms with van der Waals surface area (Å²) in [4.78, 5) is 0. The van der Waals surface area contributed by atoms with Crippen molar-refractivity contribution in [3.05, 3.63) is 58.9 Å². The molecule has 0 radical (unpaired) electrons. The fraction of sp³-hybridized carbons (Fsp3) is 0.571. The van der Waals surface area contributed by atoms with E-state index in [2.05, 4.69) is 13.0 Å². The molecule has 31 heavy (non-hydrogen) atoms. The average Bonchev–Trinajstić information content (AvgIpc) is 2.80. The van der Waals surface area contributed by atoms with E-state index in [4.69, 9.17) is 11.6 Å². The minimum absolute atomic E-state index is 0.107. The molecule has 0 unspecified atom stereocenters. The van der Waals surface area contributed by atoms with E-state index < -0.39 is 0 Å². The van der Waals surface area contributed by atoms with Crippen LogP contribution in [-0.2, 0) is 0 Å². The molecule has 1 saturated heterocycles. The van der Waals surface area contributed by atoms with E-state index in [1.165, 1.54) is 63.4 Å². The first-order valence-electron chi connectivity index (χ1n) is 12.7. The molecular weight excluding hydrogens is 419 g/mol. The molecule has 1 aliphatic carbocycles. The standard InChI is InChI=1S/C28H38ClFSi/c1-2-17-31-18-15-22(16-19-31)4-3-21-5-7-23(8-6-21)25-11-14-27(28(30)20-25)24-9-12-26(29)13-10-24/h9-14,20-23,31H,2-8,15-19H2,1H3/t21?,22-,23?,31-. The molecule has 2 fully saturated rings. The van der Waals surface area contributed by atoms with Gasteiger partial charge in [0.2, 0.25) is 0 Å². The summed E-state index contributed by atoms with van der Waals surface area (Å²) in [7, 11) is -0.334. The SMILES string of the molecule is CCC[Si@H]1CC[C@H](CCC2CCC(c3ccc(-c4ccc(Cl)cc4)c(F)c3)CC2)CC1. The fourth-order valence-electron chi connectivity index (χ4n) is 6.12. The van der Waals surface area contributed by atoms with Gasteiger partial charge in [0, 0.05) is 19.4 Å². The third-order valence-electron chi connectivity index (χ3n) is 8.11. The van der Waals surface area contributed by atoms with Crippen molar-refractivity contribution in [1.82, 2.24) is 0 Å². The van der Waals surface area contributed by atoms with E-state index in [9.17, 15) is 4.39 Å². The lowest BCUT2D eigenvalue weighted by atomic mass is 9.76. The van der Waals surface area contributed by atoms with Gasteiger partial charge in [0.15, 0.2) is 0 Å². The quantitative estimate of drug-likeness (QED) is 0.364. The van der Waals surface area contributed by atoms with Crippen LogP contribution in [0, 0.1) is 17.7 Å². The molecule has 0 amide bonds. The van der Waals surface area contributed by atoms with Crippen LogP contribution in [-0.4, -0.2) is 8.80 Å². The second-order valence-electron chi connectivity index (χ2n) is 10.2. The second-order valence-corrected chi connectivity index (χ2v) is 14.1. The number of halogens is 2. The lowest BCUT2D eigenvalue weighted by Crippen LogP contribution is -2.22. The summed E-state index contributed by atoms with van der Waals surface area (Å²) in [5, 5.41) is 0.684. The first-order valence-corrected chi connectivity index (χ1v) is 15.5. The van der Waals surface area contributed by atoms with Gasteiger partial charge >= 0.3 is 0 Å². The Kier molecular flexibility index (Phi) is 8.28. The molecule has 4 rings (SSSR count). The Bertz CT molecular complexity index is 817. The molecule has 2 aromatic rings. The molecule has 2 aromatic carbocycles. The maximum absolute atomic E-state index is 14.8. The van der Waals surface area contributed by atoms with E-state index in [1.807, 2.05) is 30.3 Å². The largest absolute Gasteiger partial charge is 0.206 e. The van der Waals surface area contributed by atoms with Crippen LogP contribution in [0.15, 0.2) is 42.5 Å². The molecular formula is C28H38ClFSi. The maximum Gasteiger partial charge on any atom is 0.131 e. The summed E-state index contributed by atoms with van der Waals surface area (Å²) in [6.07, 6.45) is 12.5. The van der Waals surface area contributed by atoms with Gasteiger partial charge in [-0.15, -0.1) is 0 Å². The van der Waals surface area contributed by atoms with Crippen molar-refractivity contribution >= 4 is 20.4 Å². The topological polar surface area (TPSA) is 0 Å². The summed E-state index contributed by atoms with van der Waals surface area (Å²) < 4.78 is 14.8. The highest BCUT2D eigenvalue weighted by molar-refractivity contribution is 6.58. The highest BCUT2D eigenvalue weighted by atomic mass is 35.5. The Morgan fingerprint density at radius 1 is 0.871 bits per heavy atom. The maximum atomic E-state index is 14.8. The van der Waals surface area contributed by atoms with Crippen LogP contribution in [0.2, 0.25) is 23.2 Å². The van der Waals surface area contributed by atoms with Gasteiger partial charge in [-0.1, -0.05) is 93.0 Å². The van der Waals surface area contributed by atoms with Crippen LogP contribution >= 0.6 is 11.6 Å². The minimum Gasteiger partial charge on any atom is -0.206 e. The molecule has 0 bridgehead atoms. The first kappa shape index (κ1) is 23.0. The summed E-state index contributed by atoms with van der Waals surface area (Å²) in [5.74, 6) is 2.34. The van der Waals surface area contributed by atoms with E-state index >= 15 is 0 Å². The molecule has 168 valence electrons. The highest BCUT2D eigenvalue weighted by Crippen LogP contribution is 2.40. The molecule has 0 spiro atoms. The van der Waals surface area contributed by atoms with Crippen LogP contribution in [0.4, 0.5) is 4.39 Å². The van der Waals surface area contributed by atoms with Crippen molar-refractivity contribution in [3.8, 4) is 11.1 Å². The predicted molar refractivity (Wildman–Crippen MR) is 135 cm³/mol. The zero-order chi connectivity index (χ0) is 21.6. The Labute approximate surface area is 195 Å². The van der Waals surface area contributed by atoms with Crippen LogP contribution < -0.4 is 0 Å². The Hall–Kier alpha value is -1.12. The Morgan fingerprint density at radius 3 is 2.13 bits per heavy atom. The second kappa shape index (κ2) is 11.1. The van der Waals surface area contributed by atoms with Crippen molar-refractivity contribution in [3.63, 3.8) is 0 Å². The molecule has 1 saturated carbocycles.